The van der Waals surface area contributed by atoms with Crippen molar-refractivity contribution in [1.29, 1.82) is 5.26 Å². The fourth-order valence-corrected chi connectivity index (χ4v) is 1.77. The molecule has 0 radical (unpaired) electrons. The Bertz CT molecular complexity index is 657. The molecule has 2 rings (SSSR count). The van der Waals surface area contributed by atoms with Crippen molar-refractivity contribution in [3.05, 3.63) is 47.9 Å². The summed E-state index contributed by atoms with van der Waals surface area (Å²) in [5.41, 5.74) is 0.895. The van der Waals surface area contributed by atoms with Crippen molar-refractivity contribution in [2.75, 3.05) is 5.32 Å². The molecule has 0 aliphatic rings. The summed E-state index contributed by atoms with van der Waals surface area (Å²) >= 11 is 0. The number of benzene rings is 1. The lowest BCUT2D eigenvalue weighted by Crippen LogP contribution is -2.10. The van der Waals surface area contributed by atoms with Crippen LogP contribution >= 0.6 is 0 Å². The van der Waals surface area contributed by atoms with Gasteiger partial charge in [-0.15, -0.1) is 0 Å². The van der Waals surface area contributed by atoms with Crippen LogP contribution in [0.1, 0.15) is 24.2 Å². The minimum absolute atomic E-state index is 0.0794. The van der Waals surface area contributed by atoms with Crippen molar-refractivity contribution in [3.63, 3.8) is 0 Å². The Balaban J connectivity index is 2.17. The highest BCUT2D eigenvalue weighted by Crippen LogP contribution is 2.23. The van der Waals surface area contributed by atoms with Gasteiger partial charge in [0.1, 0.15) is 11.8 Å². The normalized spacial score (nSPS) is 11.8. The molecule has 0 spiro atoms. The van der Waals surface area contributed by atoms with E-state index >= 15 is 0 Å². The highest BCUT2D eigenvalue weighted by molar-refractivity contribution is 5.48. The van der Waals surface area contributed by atoms with E-state index < -0.39 is 6.61 Å². The Morgan fingerprint density at radius 2 is 2.05 bits per heavy atom. The van der Waals surface area contributed by atoms with E-state index in [0.29, 0.717) is 5.82 Å². The molecule has 21 heavy (non-hydrogen) atoms. The predicted molar refractivity (Wildman–Crippen MR) is 71.9 cm³/mol. The van der Waals surface area contributed by atoms with Crippen LogP contribution in [0.3, 0.4) is 0 Å². The topological polar surface area (TPSA) is 70.8 Å². The first-order valence-corrected chi connectivity index (χ1v) is 6.12. The van der Waals surface area contributed by atoms with Crippen LogP contribution in [0, 0.1) is 11.3 Å². The van der Waals surface area contributed by atoms with Gasteiger partial charge in [-0.2, -0.15) is 14.0 Å². The van der Waals surface area contributed by atoms with E-state index in [0.717, 1.165) is 5.56 Å². The maximum absolute atomic E-state index is 12.2. The first-order chi connectivity index (χ1) is 10.1. The quantitative estimate of drug-likeness (QED) is 0.916. The molecular formula is C14H12F2N4O. The third-order valence-electron chi connectivity index (χ3n) is 2.74. The average Bonchev–Trinajstić information content (AvgIpc) is 2.47. The summed E-state index contributed by atoms with van der Waals surface area (Å²) in [5, 5.41) is 12.0. The molecule has 0 bridgehead atoms. The molecule has 0 saturated heterocycles. The lowest BCUT2D eigenvalue weighted by Gasteiger charge is -2.16. The highest BCUT2D eigenvalue weighted by Gasteiger charge is 2.12. The van der Waals surface area contributed by atoms with Crippen molar-refractivity contribution >= 4 is 5.82 Å². The second-order valence-electron chi connectivity index (χ2n) is 4.18. The summed E-state index contributed by atoms with van der Waals surface area (Å²) in [5.74, 6) is 0.420. The number of hydrogen-bond donors (Lipinski definition) is 1. The number of ether oxygens (including phenoxy) is 1. The van der Waals surface area contributed by atoms with Gasteiger partial charge in [0.15, 0.2) is 11.5 Å². The Kier molecular flexibility index (Phi) is 4.61. The zero-order valence-corrected chi connectivity index (χ0v) is 11.1. The maximum Gasteiger partial charge on any atom is 0.387 e. The van der Waals surface area contributed by atoms with E-state index in [-0.39, 0.29) is 17.5 Å². The number of nitriles is 1. The molecule has 1 aromatic carbocycles. The number of nitrogens with one attached hydrogen (secondary N) is 1. The van der Waals surface area contributed by atoms with Crippen LogP contribution in [-0.4, -0.2) is 16.6 Å². The van der Waals surface area contributed by atoms with Crippen LogP contribution in [-0.2, 0) is 0 Å². The van der Waals surface area contributed by atoms with E-state index in [1.54, 1.807) is 12.1 Å². The van der Waals surface area contributed by atoms with Crippen molar-refractivity contribution in [1.82, 2.24) is 9.97 Å². The molecule has 0 amide bonds. The molecule has 108 valence electrons. The first kappa shape index (κ1) is 14.7. The molecule has 1 heterocycles. The Morgan fingerprint density at radius 3 is 2.76 bits per heavy atom. The Hall–Kier alpha value is -2.75. The van der Waals surface area contributed by atoms with Gasteiger partial charge < -0.3 is 10.1 Å². The zero-order chi connectivity index (χ0) is 15.2. The van der Waals surface area contributed by atoms with E-state index in [4.69, 9.17) is 5.26 Å². The minimum atomic E-state index is -2.87. The average molecular weight is 290 g/mol. The number of hydrogen-bond acceptors (Lipinski definition) is 5. The second kappa shape index (κ2) is 6.61. The molecule has 0 fully saturated rings. The van der Waals surface area contributed by atoms with Crippen LogP contribution in [0.25, 0.3) is 0 Å². The van der Waals surface area contributed by atoms with Gasteiger partial charge in [0.2, 0.25) is 0 Å². The standard InChI is InChI=1S/C14H12F2N4O/c1-9(20-13-12(8-17)18-5-6-19-13)10-3-2-4-11(7-10)21-14(15)16/h2-7,9,14H,1H3,(H,19,20). The van der Waals surface area contributed by atoms with Crippen molar-refractivity contribution < 1.29 is 13.5 Å². The van der Waals surface area contributed by atoms with Gasteiger partial charge in [0.05, 0.1) is 6.04 Å². The fraction of sp³-hybridized carbons (Fsp3) is 0.214. The van der Waals surface area contributed by atoms with Crippen LogP contribution in [0.2, 0.25) is 0 Å². The summed E-state index contributed by atoms with van der Waals surface area (Å²) in [6.45, 7) is -1.05. The van der Waals surface area contributed by atoms with Gasteiger partial charge in [0, 0.05) is 12.4 Å². The predicted octanol–water partition coefficient (Wildman–Crippen LogP) is 3.12. The Labute approximate surface area is 120 Å². The van der Waals surface area contributed by atoms with Crippen molar-refractivity contribution in [3.8, 4) is 11.8 Å². The van der Waals surface area contributed by atoms with Crippen LogP contribution < -0.4 is 10.1 Å². The Morgan fingerprint density at radius 1 is 1.29 bits per heavy atom. The number of halogens is 2. The molecule has 1 aromatic heterocycles. The summed E-state index contributed by atoms with van der Waals surface area (Å²) in [7, 11) is 0. The maximum atomic E-state index is 12.2. The van der Waals surface area contributed by atoms with Crippen LogP contribution in [0.15, 0.2) is 36.7 Å². The largest absolute Gasteiger partial charge is 0.435 e. The molecule has 0 saturated carbocycles. The third-order valence-corrected chi connectivity index (χ3v) is 2.74. The van der Waals surface area contributed by atoms with Gasteiger partial charge in [0.25, 0.3) is 0 Å². The number of nitrogens with zero attached hydrogens (tertiary/aromatic N) is 3. The van der Waals surface area contributed by atoms with Crippen molar-refractivity contribution in [2.45, 2.75) is 19.6 Å². The number of anilines is 1. The van der Waals surface area contributed by atoms with E-state index in [1.165, 1.54) is 24.5 Å². The van der Waals surface area contributed by atoms with E-state index in [1.807, 2.05) is 13.0 Å². The SMILES string of the molecule is CC(Nc1nccnc1C#N)c1cccc(OC(F)F)c1. The summed E-state index contributed by atoms with van der Waals surface area (Å²) in [6, 6.07) is 8.01. The summed E-state index contributed by atoms with van der Waals surface area (Å²) < 4.78 is 28.8. The van der Waals surface area contributed by atoms with E-state index in [2.05, 4.69) is 20.0 Å². The van der Waals surface area contributed by atoms with Gasteiger partial charge in [-0.25, -0.2) is 9.97 Å². The molecule has 2 aromatic rings. The first-order valence-electron chi connectivity index (χ1n) is 6.12. The third kappa shape index (κ3) is 3.86. The molecule has 0 aliphatic heterocycles. The lowest BCUT2D eigenvalue weighted by atomic mass is 10.1. The van der Waals surface area contributed by atoms with Crippen molar-refractivity contribution in [2.24, 2.45) is 0 Å². The fourth-order valence-electron chi connectivity index (χ4n) is 1.77. The van der Waals surface area contributed by atoms with Crippen LogP contribution in [0.5, 0.6) is 5.75 Å². The second-order valence-corrected chi connectivity index (χ2v) is 4.18. The minimum Gasteiger partial charge on any atom is -0.435 e. The zero-order valence-electron chi connectivity index (χ0n) is 11.1. The van der Waals surface area contributed by atoms with E-state index in [9.17, 15) is 8.78 Å². The molecule has 7 heteroatoms. The molecule has 1 unspecified atom stereocenters. The van der Waals surface area contributed by atoms with Gasteiger partial charge in [-0.1, -0.05) is 12.1 Å². The number of rotatable bonds is 5. The van der Waals surface area contributed by atoms with Gasteiger partial charge in [-0.3, -0.25) is 0 Å². The van der Waals surface area contributed by atoms with Gasteiger partial charge in [-0.05, 0) is 24.6 Å². The molecular weight excluding hydrogens is 278 g/mol. The molecule has 0 aliphatic carbocycles. The smallest absolute Gasteiger partial charge is 0.387 e. The number of aromatic nitrogens is 2. The van der Waals surface area contributed by atoms with Gasteiger partial charge >= 0.3 is 6.61 Å². The van der Waals surface area contributed by atoms with Crippen LogP contribution in [0.4, 0.5) is 14.6 Å². The molecule has 1 N–H and O–H groups in total. The monoisotopic (exact) mass is 290 g/mol. The highest BCUT2D eigenvalue weighted by atomic mass is 19.3. The molecule has 5 nitrogen and oxygen atoms in total. The summed E-state index contributed by atoms with van der Waals surface area (Å²) in [4.78, 5) is 7.93. The lowest BCUT2D eigenvalue weighted by molar-refractivity contribution is -0.0498. The number of alkyl halides is 2. The summed E-state index contributed by atoms with van der Waals surface area (Å²) in [6.07, 6.45) is 2.89. The molecule has 1 atom stereocenters.